The van der Waals surface area contributed by atoms with Gasteiger partial charge in [0.2, 0.25) is 0 Å². The van der Waals surface area contributed by atoms with Gasteiger partial charge in [-0.1, -0.05) is 32.1 Å². The van der Waals surface area contributed by atoms with E-state index in [0.29, 0.717) is 0 Å². The van der Waals surface area contributed by atoms with Crippen LogP contribution in [0.25, 0.3) is 0 Å². The Kier molecular flexibility index (Phi) is 4.49. The van der Waals surface area contributed by atoms with Gasteiger partial charge in [0.05, 0.1) is 10.0 Å². The van der Waals surface area contributed by atoms with Gasteiger partial charge in [-0.2, -0.15) is 0 Å². The molecule has 1 aliphatic rings. The average molecular weight is 317 g/mol. The molecular weight excluding hydrogens is 302 g/mol. The molecule has 4 heteroatoms. The molecule has 0 heterocycles. The molecule has 1 saturated carbocycles. The monoisotopic (exact) mass is 316 g/mol. The third kappa shape index (κ3) is 2.97. The topological polar surface area (TPSA) is 17.1 Å². The molecular formula is C14H15BrF2O. The Bertz CT molecular complexity index is 453. The van der Waals surface area contributed by atoms with Crippen LogP contribution in [-0.4, -0.2) is 5.78 Å². The van der Waals surface area contributed by atoms with Gasteiger partial charge < -0.3 is 0 Å². The first-order valence-electron chi connectivity index (χ1n) is 6.26. The van der Waals surface area contributed by atoms with Gasteiger partial charge in [-0.25, -0.2) is 8.78 Å². The van der Waals surface area contributed by atoms with Crippen molar-refractivity contribution >= 4 is 21.7 Å². The lowest BCUT2D eigenvalue weighted by molar-refractivity contribution is 0.0941. The first kappa shape index (κ1) is 13.7. The summed E-state index contributed by atoms with van der Waals surface area (Å²) in [5.41, 5.74) is -0.394. The Morgan fingerprint density at radius 1 is 1.22 bits per heavy atom. The van der Waals surface area contributed by atoms with Gasteiger partial charge in [0.1, 0.15) is 5.82 Å². The predicted molar refractivity (Wildman–Crippen MR) is 69.6 cm³/mol. The summed E-state index contributed by atoms with van der Waals surface area (Å²) < 4.78 is 27.4. The quantitative estimate of drug-likeness (QED) is 0.573. The first-order chi connectivity index (χ1) is 8.59. The van der Waals surface area contributed by atoms with Crippen LogP contribution in [0, 0.1) is 17.6 Å². The highest BCUT2D eigenvalue weighted by Crippen LogP contribution is 2.29. The van der Waals surface area contributed by atoms with Crippen molar-refractivity contribution < 1.29 is 13.6 Å². The van der Waals surface area contributed by atoms with E-state index >= 15 is 0 Å². The fraction of sp³-hybridized carbons (Fsp3) is 0.500. The van der Waals surface area contributed by atoms with Gasteiger partial charge >= 0.3 is 0 Å². The van der Waals surface area contributed by atoms with Crippen LogP contribution in [0.3, 0.4) is 0 Å². The van der Waals surface area contributed by atoms with Crippen molar-refractivity contribution in [3.8, 4) is 0 Å². The molecule has 0 bridgehead atoms. The van der Waals surface area contributed by atoms with E-state index in [2.05, 4.69) is 15.9 Å². The third-order valence-electron chi connectivity index (χ3n) is 3.52. The minimum atomic E-state index is -0.782. The molecule has 2 rings (SSSR count). The number of carbonyl (C=O) groups excluding carboxylic acids is 1. The molecule has 1 nitrogen and oxygen atoms in total. The molecule has 1 aromatic carbocycles. The fourth-order valence-corrected chi connectivity index (χ4v) is 2.87. The number of hydrogen-bond donors (Lipinski definition) is 0. The number of hydrogen-bond acceptors (Lipinski definition) is 1. The summed E-state index contributed by atoms with van der Waals surface area (Å²) in [6.45, 7) is 0. The van der Waals surface area contributed by atoms with Gasteiger partial charge in [-0.15, -0.1) is 0 Å². The van der Waals surface area contributed by atoms with Crippen molar-refractivity contribution in [1.29, 1.82) is 0 Å². The summed E-state index contributed by atoms with van der Waals surface area (Å²) in [6.07, 6.45) is 5.66. The van der Waals surface area contributed by atoms with Gasteiger partial charge in [-0.05, 0) is 34.0 Å². The maximum Gasteiger partial charge on any atom is 0.169 e. The second kappa shape index (κ2) is 5.91. The van der Waals surface area contributed by atoms with Crippen LogP contribution in [0.1, 0.15) is 48.9 Å². The van der Waals surface area contributed by atoms with E-state index in [1.165, 1.54) is 12.5 Å². The Morgan fingerprint density at radius 3 is 2.56 bits per heavy atom. The molecule has 0 atom stereocenters. The minimum Gasteiger partial charge on any atom is -0.294 e. The first-order valence-corrected chi connectivity index (χ1v) is 7.05. The number of rotatable bonds is 3. The summed E-state index contributed by atoms with van der Waals surface area (Å²) in [6, 6.07) is 2.41. The zero-order valence-electron chi connectivity index (χ0n) is 10.0. The summed E-state index contributed by atoms with van der Waals surface area (Å²) in [5, 5.41) is 0. The SMILES string of the molecule is O=C(CC1CCCCC1)c1c(F)ccc(Br)c1F. The number of ketones is 1. The van der Waals surface area contributed by atoms with Crippen molar-refractivity contribution in [2.75, 3.05) is 0 Å². The number of halogens is 3. The summed E-state index contributed by atoms with van der Waals surface area (Å²) >= 11 is 2.98. The van der Waals surface area contributed by atoms with Crippen molar-refractivity contribution in [3.05, 3.63) is 33.8 Å². The molecule has 1 aromatic rings. The minimum absolute atomic E-state index is 0.135. The summed E-state index contributed by atoms with van der Waals surface area (Å²) in [5.74, 6) is -1.69. The van der Waals surface area contributed by atoms with E-state index in [4.69, 9.17) is 0 Å². The van der Waals surface area contributed by atoms with Crippen LogP contribution < -0.4 is 0 Å². The zero-order chi connectivity index (χ0) is 13.1. The molecule has 0 unspecified atom stereocenters. The highest BCUT2D eigenvalue weighted by Gasteiger charge is 2.23. The largest absolute Gasteiger partial charge is 0.294 e. The maximum atomic E-state index is 13.8. The molecule has 0 N–H and O–H groups in total. The van der Waals surface area contributed by atoms with E-state index < -0.39 is 23.0 Å². The molecule has 0 amide bonds. The van der Waals surface area contributed by atoms with Crippen LogP contribution in [-0.2, 0) is 0 Å². The van der Waals surface area contributed by atoms with Gasteiger partial charge in [-0.3, -0.25) is 4.79 Å². The van der Waals surface area contributed by atoms with Crippen LogP contribution in [0.15, 0.2) is 16.6 Å². The van der Waals surface area contributed by atoms with Crippen molar-refractivity contribution in [2.45, 2.75) is 38.5 Å². The van der Waals surface area contributed by atoms with Crippen molar-refractivity contribution in [2.24, 2.45) is 5.92 Å². The lowest BCUT2D eigenvalue weighted by Gasteiger charge is -2.20. The Balaban J connectivity index is 2.15. The van der Waals surface area contributed by atoms with Crippen molar-refractivity contribution in [3.63, 3.8) is 0 Å². The van der Waals surface area contributed by atoms with Gasteiger partial charge in [0.25, 0.3) is 0 Å². The standard InChI is InChI=1S/C14H15BrF2O/c15-10-6-7-11(16)13(14(10)17)12(18)8-9-4-2-1-3-5-9/h6-7,9H,1-5,8H2. The average Bonchev–Trinajstić information content (AvgIpc) is 2.36. The Labute approximate surface area is 114 Å². The highest BCUT2D eigenvalue weighted by atomic mass is 79.9. The lowest BCUT2D eigenvalue weighted by atomic mass is 9.84. The third-order valence-corrected chi connectivity index (χ3v) is 4.13. The molecule has 0 radical (unpaired) electrons. The van der Waals surface area contributed by atoms with Crippen LogP contribution >= 0.6 is 15.9 Å². The molecule has 1 aliphatic carbocycles. The second-order valence-corrected chi connectivity index (χ2v) is 5.70. The smallest absolute Gasteiger partial charge is 0.169 e. The number of benzene rings is 1. The Hall–Kier alpha value is -0.770. The predicted octanol–water partition coefficient (Wildman–Crippen LogP) is 4.88. The van der Waals surface area contributed by atoms with Crippen LogP contribution in [0.5, 0.6) is 0 Å². The number of Topliss-reactive ketones (excluding diaryl/α,β-unsaturated/α-hetero) is 1. The Morgan fingerprint density at radius 2 is 1.89 bits per heavy atom. The number of carbonyl (C=O) groups is 1. The summed E-state index contributed by atoms with van der Waals surface area (Å²) in [4.78, 5) is 12.0. The lowest BCUT2D eigenvalue weighted by Crippen LogP contribution is -2.14. The second-order valence-electron chi connectivity index (χ2n) is 4.85. The van der Waals surface area contributed by atoms with Gasteiger partial charge in [0, 0.05) is 6.42 Å². The normalized spacial score (nSPS) is 16.8. The molecule has 0 spiro atoms. The van der Waals surface area contributed by atoms with Crippen LogP contribution in [0.2, 0.25) is 0 Å². The van der Waals surface area contributed by atoms with E-state index in [9.17, 15) is 13.6 Å². The maximum absolute atomic E-state index is 13.8. The fourth-order valence-electron chi connectivity index (χ4n) is 2.54. The molecule has 1 fully saturated rings. The van der Waals surface area contributed by atoms with E-state index in [1.54, 1.807) is 0 Å². The van der Waals surface area contributed by atoms with E-state index in [1.807, 2.05) is 0 Å². The van der Waals surface area contributed by atoms with Crippen molar-refractivity contribution in [1.82, 2.24) is 0 Å². The van der Waals surface area contributed by atoms with Gasteiger partial charge in [0.15, 0.2) is 11.6 Å². The highest BCUT2D eigenvalue weighted by molar-refractivity contribution is 9.10. The van der Waals surface area contributed by atoms with Crippen LogP contribution in [0.4, 0.5) is 8.78 Å². The molecule has 0 aromatic heterocycles. The molecule has 0 aliphatic heterocycles. The summed E-state index contributed by atoms with van der Waals surface area (Å²) in [7, 11) is 0. The molecule has 18 heavy (non-hydrogen) atoms. The molecule has 0 saturated heterocycles. The van der Waals surface area contributed by atoms with E-state index in [-0.39, 0.29) is 16.8 Å². The molecule has 98 valence electrons. The van der Waals surface area contributed by atoms with E-state index in [0.717, 1.165) is 31.7 Å². The zero-order valence-corrected chi connectivity index (χ0v) is 11.6.